The Morgan fingerprint density at radius 1 is 1.47 bits per heavy atom. The molecule has 0 aliphatic rings. The van der Waals surface area contributed by atoms with Crippen LogP contribution in [0.25, 0.3) is 0 Å². The molecule has 0 saturated carbocycles. The molecule has 1 rings (SSSR count). The number of methoxy groups -OCH3 is 1. The van der Waals surface area contributed by atoms with Crippen LogP contribution < -0.4 is 10.6 Å². The third-order valence-electron chi connectivity index (χ3n) is 2.54. The first-order valence-corrected chi connectivity index (χ1v) is 6.06. The summed E-state index contributed by atoms with van der Waals surface area (Å²) in [6.45, 7) is 7.43. The van der Waals surface area contributed by atoms with Gasteiger partial charge in [0.05, 0.1) is 6.61 Å². The second-order valence-corrected chi connectivity index (χ2v) is 4.52. The Bertz CT molecular complexity index is 328. The van der Waals surface area contributed by atoms with Crippen LogP contribution in [-0.4, -0.2) is 31.8 Å². The highest BCUT2D eigenvalue weighted by atomic mass is 16.5. The summed E-state index contributed by atoms with van der Waals surface area (Å²) in [4.78, 5) is 6.69. The summed E-state index contributed by atoms with van der Waals surface area (Å²) in [7, 11) is 1.72. The zero-order valence-corrected chi connectivity index (χ0v) is 11.0. The fourth-order valence-electron chi connectivity index (χ4n) is 1.80. The minimum absolute atomic E-state index is 0.519. The topological polar surface area (TPSA) is 51.4 Å². The van der Waals surface area contributed by atoms with Gasteiger partial charge in [0.1, 0.15) is 5.82 Å². The third-order valence-corrected chi connectivity index (χ3v) is 2.54. The normalized spacial score (nSPS) is 10.9. The van der Waals surface area contributed by atoms with Crippen molar-refractivity contribution in [3.8, 4) is 0 Å². The Labute approximate surface area is 104 Å². The first kappa shape index (κ1) is 13.9. The van der Waals surface area contributed by atoms with Crippen molar-refractivity contribution in [1.82, 2.24) is 4.98 Å². The SMILES string of the molecule is COCCN(CC(C)C)c1ncccc1CN. The van der Waals surface area contributed by atoms with Gasteiger partial charge >= 0.3 is 0 Å². The van der Waals surface area contributed by atoms with Gasteiger partial charge in [0, 0.05) is 38.5 Å². The lowest BCUT2D eigenvalue weighted by molar-refractivity contribution is 0.204. The smallest absolute Gasteiger partial charge is 0.133 e. The van der Waals surface area contributed by atoms with Gasteiger partial charge in [0.2, 0.25) is 0 Å². The third kappa shape index (κ3) is 4.32. The van der Waals surface area contributed by atoms with Gasteiger partial charge in [-0.2, -0.15) is 0 Å². The number of nitrogens with zero attached hydrogens (tertiary/aromatic N) is 2. The maximum absolute atomic E-state index is 5.75. The molecule has 0 aliphatic heterocycles. The molecular formula is C13H23N3O. The number of hydrogen-bond donors (Lipinski definition) is 1. The van der Waals surface area contributed by atoms with E-state index in [0.29, 0.717) is 19.1 Å². The standard InChI is InChI=1S/C13H23N3O/c1-11(2)10-16(7-8-17-3)13-12(9-14)5-4-6-15-13/h4-6,11H,7-10,14H2,1-3H3. The molecule has 0 spiro atoms. The largest absolute Gasteiger partial charge is 0.383 e. The van der Waals surface area contributed by atoms with E-state index in [1.807, 2.05) is 18.3 Å². The van der Waals surface area contributed by atoms with Gasteiger partial charge in [0.15, 0.2) is 0 Å². The number of rotatable bonds is 7. The molecule has 0 amide bonds. The Hall–Kier alpha value is -1.13. The van der Waals surface area contributed by atoms with Gasteiger partial charge in [-0.1, -0.05) is 19.9 Å². The molecule has 17 heavy (non-hydrogen) atoms. The van der Waals surface area contributed by atoms with Gasteiger partial charge in [0.25, 0.3) is 0 Å². The van der Waals surface area contributed by atoms with Crippen LogP contribution in [0.5, 0.6) is 0 Å². The monoisotopic (exact) mass is 237 g/mol. The number of aromatic nitrogens is 1. The van der Waals surface area contributed by atoms with E-state index in [0.717, 1.165) is 24.5 Å². The van der Waals surface area contributed by atoms with Crippen molar-refractivity contribution >= 4 is 5.82 Å². The van der Waals surface area contributed by atoms with E-state index in [1.165, 1.54) is 0 Å². The van der Waals surface area contributed by atoms with Crippen LogP contribution in [0.4, 0.5) is 5.82 Å². The first-order chi connectivity index (χ1) is 8.19. The second kappa shape index (κ2) is 7.25. The lowest BCUT2D eigenvalue weighted by Gasteiger charge is -2.27. The predicted octanol–water partition coefficient (Wildman–Crippen LogP) is 1.65. The van der Waals surface area contributed by atoms with Crippen molar-refractivity contribution in [3.63, 3.8) is 0 Å². The lowest BCUT2D eigenvalue weighted by Crippen LogP contribution is -2.32. The molecule has 4 heteroatoms. The zero-order valence-electron chi connectivity index (χ0n) is 11.0. The van der Waals surface area contributed by atoms with Crippen LogP contribution >= 0.6 is 0 Å². The lowest BCUT2D eigenvalue weighted by atomic mass is 10.2. The Kier molecular flexibility index (Phi) is 5.94. The van der Waals surface area contributed by atoms with Crippen LogP contribution in [0.1, 0.15) is 19.4 Å². The van der Waals surface area contributed by atoms with Crippen molar-refractivity contribution in [3.05, 3.63) is 23.9 Å². The molecule has 1 aromatic heterocycles. The number of pyridine rings is 1. The molecule has 1 heterocycles. The highest BCUT2D eigenvalue weighted by molar-refractivity contribution is 5.46. The Morgan fingerprint density at radius 3 is 2.82 bits per heavy atom. The van der Waals surface area contributed by atoms with E-state index in [4.69, 9.17) is 10.5 Å². The average Bonchev–Trinajstić information content (AvgIpc) is 2.34. The van der Waals surface area contributed by atoms with Crippen molar-refractivity contribution in [1.29, 1.82) is 0 Å². The van der Waals surface area contributed by atoms with Gasteiger partial charge in [-0.3, -0.25) is 0 Å². The highest BCUT2D eigenvalue weighted by Gasteiger charge is 2.12. The van der Waals surface area contributed by atoms with Crippen LogP contribution in [0.3, 0.4) is 0 Å². The van der Waals surface area contributed by atoms with Crippen LogP contribution in [0.15, 0.2) is 18.3 Å². The van der Waals surface area contributed by atoms with Crippen molar-refractivity contribution < 1.29 is 4.74 Å². The summed E-state index contributed by atoms with van der Waals surface area (Å²) in [5.41, 5.74) is 6.84. The fraction of sp³-hybridized carbons (Fsp3) is 0.615. The van der Waals surface area contributed by atoms with Crippen LogP contribution in [-0.2, 0) is 11.3 Å². The summed E-state index contributed by atoms with van der Waals surface area (Å²) in [5, 5.41) is 0. The summed E-state index contributed by atoms with van der Waals surface area (Å²) in [6, 6.07) is 3.96. The average molecular weight is 237 g/mol. The number of anilines is 1. The Morgan fingerprint density at radius 2 is 2.24 bits per heavy atom. The van der Waals surface area contributed by atoms with Crippen molar-refractivity contribution in [2.24, 2.45) is 11.7 Å². The number of nitrogens with two attached hydrogens (primary N) is 1. The van der Waals surface area contributed by atoms with Crippen molar-refractivity contribution in [2.75, 3.05) is 31.7 Å². The molecule has 1 aromatic rings. The quantitative estimate of drug-likeness (QED) is 0.783. The molecule has 0 unspecified atom stereocenters. The van der Waals surface area contributed by atoms with E-state index in [2.05, 4.69) is 23.7 Å². The van der Waals surface area contributed by atoms with Gasteiger partial charge in [-0.25, -0.2) is 4.98 Å². The Balaban J connectivity index is 2.86. The number of hydrogen-bond acceptors (Lipinski definition) is 4. The molecule has 0 atom stereocenters. The van der Waals surface area contributed by atoms with E-state index in [9.17, 15) is 0 Å². The van der Waals surface area contributed by atoms with Gasteiger partial charge in [-0.15, -0.1) is 0 Å². The highest BCUT2D eigenvalue weighted by Crippen LogP contribution is 2.17. The molecule has 2 N–H and O–H groups in total. The number of ether oxygens (including phenoxy) is 1. The maximum Gasteiger partial charge on any atom is 0.133 e. The zero-order chi connectivity index (χ0) is 12.7. The molecule has 0 aliphatic carbocycles. The van der Waals surface area contributed by atoms with Crippen LogP contribution in [0.2, 0.25) is 0 Å². The first-order valence-electron chi connectivity index (χ1n) is 6.06. The molecule has 96 valence electrons. The van der Waals surface area contributed by atoms with E-state index >= 15 is 0 Å². The summed E-state index contributed by atoms with van der Waals surface area (Å²) in [6.07, 6.45) is 1.81. The predicted molar refractivity (Wildman–Crippen MR) is 71.1 cm³/mol. The minimum Gasteiger partial charge on any atom is -0.383 e. The van der Waals surface area contributed by atoms with Crippen molar-refractivity contribution in [2.45, 2.75) is 20.4 Å². The molecular weight excluding hydrogens is 214 g/mol. The molecule has 4 nitrogen and oxygen atoms in total. The van der Waals surface area contributed by atoms with Gasteiger partial charge < -0.3 is 15.4 Å². The summed E-state index contributed by atoms with van der Waals surface area (Å²) < 4.78 is 5.15. The molecule has 0 fully saturated rings. The van der Waals surface area contributed by atoms with E-state index < -0.39 is 0 Å². The summed E-state index contributed by atoms with van der Waals surface area (Å²) >= 11 is 0. The second-order valence-electron chi connectivity index (χ2n) is 4.52. The molecule has 0 radical (unpaired) electrons. The maximum atomic E-state index is 5.75. The minimum atomic E-state index is 0.519. The van der Waals surface area contributed by atoms with Crippen LogP contribution in [0, 0.1) is 5.92 Å². The summed E-state index contributed by atoms with van der Waals surface area (Å²) in [5.74, 6) is 1.57. The van der Waals surface area contributed by atoms with Gasteiger partial charge in [-0.05, 0) is 12.0 Å². The fourth-order valence-corrected chi connectivity index (χ4v) is 1.80. The van der Waals surface area contributed by atoms with E-state index in [1.54, 1.807) is 7.11 Å². The molecule has 0 aromatic carbocycles. The van der Waals surface area contributed by atoms with E-state index in [-0.39, 0.29) is 0 Å². The molecule has 0 saturated heterocycles. The molecule has 0 bridgehead atoms.